The van der Waals surface area contributed by atoms with E-state index in [1.807, 2.05) is 61.5 Å². The Kier molecular flexibility index (Phi) is 6.49. The maximum Gasteiger partial charge on any atom is 0.303 e. The van der Waals surface area contributed by atoms with Gasteiger partial charge in [0.15, 0.2) is 0 Å². The Morgan fingerprint density at radius 1 is 1.04 bits per heavy atom. The van der Waals surface area contributed by atoms with Crippen molar-refractivity contribution >= 4 is 17.5 Å². The van der Waals surface area contributed by atoms with Crippen molar-refractivity contribution in [3.05, 3.63) is 65.7 Å². The van der Waals surface area contributed by atoms with Gasteiger partial charge in [-0.2, -0.15) is 0 Å². The van der Waals surface area contributed by atoms with Crippen LogP contribution in [-0.2, 0) is 9.59 Å². The third-order valence-corrected chi connectivity index (χ3v) is 5.29. The second-order valence-corrected chi connectivity index (χ2v) is 7.26. The lowest BCUT2D eigenvalue weighted by molar-refractivity contribution is -0.125. The highest BCUT2D eigenvalue weighted by Gasteiger charge is 2.34. The highest BCUT2D eigenvalue weighted by Crippen LogP contribution is 2.31. The van der Waals surface area contributed by atoms with Crippen LogP contribution in [0.4, 0.5) is 5.69 Å². The summed E-state index contributed by atoms with van der Waals surface area (Å²) in [6.07, 6.45) is 10.9. The molecule has 0 spiro atoms. The number of nitrogens with zero attached hydrogens (tertiary/aromatic N) is 1. The molecule has 2 aromatic rings. The number of rotatable bonds is 5. The van der Waals surface area contributed by atoms with Gasteiger partial charge in [-0.1, -0.05) is 67.8 Å². The van der Waals surface area contributed by atoms with Gasteiger partial charge in [-0.05, 0) is 42.9 Å². The van der Waals surface area contributed by atoms with E-state index in [9.17, 15) is 9.59 Å². The van der Waals surface area contributed by atoms with Crippen LogP contribution in [0.25, 0.3) is 0 Å². The van der Waals surface area contributed by atoms with Gasteiger partial charge in [-0.15, -0.1) is 6.42 Å². The molecule has 2 aromatic carbocycles. The second-order valence-electron chi connectivity index (χ2n) is 7.26. The standard InChI is InChI=1S/C24H26N2O2/c1-3-22(27)26(21-17-11-10-12-18(21)2)23(19-13-6-4-7-14-19)24(28)25-20-15-8-5-9-16-20/h1,4,6-7,10-14,17,20,23H,5,8-9,15-16H2,2H3,(H,25,28)/t23-/m1/s1. The molecule has 0 radical (unpaired) electrons. The van der Waals surface area contributed by atoms with Gasteiger partial charge in [0, 0.05) is 11.7 Å². The number of anilines is 1. The van der Waals surface area contributed by atoms with Crippen molar-refractivity contribution in [2.24, 2.45) is 0 Å². The summed E-state index contributed by atoms with van der Waals surface area (Å²) < 4.78 is 0. The average Bonchev–Trinajstić information content (AvgIpc) is 2.73. The Hall–Kier alpha value is -3.06. The van der Waals surface area contributed by atoms with Gasteiger partial charge in [0.05, 0.1) is 0 Å². The summed E-state index contributed by atoms with van der Waals surface area (Å²) in [5, 5.41) is 3.16. The van der Waals surface area contributed by atoms with E-state index in [-0.39, 0.29) is 11.9 Å². The minimum absolute atomic E-state index is 0.145. The molecule has 0 aliphatic heterocycles. The predicted octanol–water partition coefficient (Wildman–Crippen LogP) is 4.15. The van der Waals surface area contributed by atoms with Crippen LogP contribution in [0.3, 0.4) is 0 Å². The zero-order valence-electron chi connectivity index (χ0n) is 16.2. The summed E-state index contributed by atoms with van der Waals surface area (Å²) in [5.41, 5.74) is 2.28. The van der Waals surface area contributed by atoms with Crippen LogP contribution in [0.5, 0.6) is 0 Å². The lowest BCUT2D eigenvalue weighted by Gasteiger charge is -2.33. The van der Waals surface area contributed by atoms with Gasteiger partial charge in [0.1, 0.15) is 6.04 Å². The third-order valence-electron chi connectivity index (χ3n) is 5.29. The normalized spacial score (nSPS) is 15.3. The van der Waals surface area contributed by atoms with E-state index in [2.05, 4.69) is 11.2 Å². The Morgan fingerprint density at radius 3 is 2.32 bits per heavy atom. The van der Waals surface area contributed by atoms with Gasteiger partial charge in [-0.3, -0.25) is 14.5 Å². The smallest absolute Gasteiger partial charge is 0.303 e. The molecule has 4 nitrogen and oxygen atoms in total. The molecule has 0 saturated heterocycles. The largest absolute Gasteiger partial charge is 0.351 e. The molecule has 0 unspecified atom stereocenters. The molecule has 0 bridgehead atoms. The van der Waals surface area contributed by atoms with Gasteiger partial charge in [-0.25, -0.2) is 0 Å². The summed E-state index contributed by atoms with van der Waals surface area (Å²) in [4.78, 5) is 27.6. The van der Waals surface area contributed by atoms with Crippen molar-refractivity contribution in [1.82, 2.24) is 5.32 Å². The van der Waals surface area contributed by atoms with E-state index in [0.717, 1.165) is 36.8 Å². The van der Waals surface area contributed by atoms with Gasteiger partial charge in [0.2, 0.25) is 5.91 Å². The number of carbonyl (C=O) groups excluding carboxylic acids is 2. The number of terminal acetylenes is 1. The first-order valence-corrected chi connectivity index (χ1v) is 9.82. The van der Waals surface area contributed by atoms with E-state index < -0.39 is 11.9 Å². The van der Waals surface area contributed by atoms with Crippen LogP contribution in [-0.4, -0.2) is 17.9 Å². The first kappa shape index (κ1) is 19.7. The fraction of sp³-hybridized carbons (Fsp3) is 0.333. The molecule has 1 atom stereocenters. The Labute approximate surface area is 166 Å². The molecule has 1 saturated carbocycles. The van der Waals surface area contributed by atoms with Gasteiger partial charge in [0.25, 0.3) is 0 Å². The zero-order chi connectivity index (χ0) is 19.9. The lowest BCUT2D eigenvalue weighted by atomic mass is 9.94. The number of amides is 2. The van der Waals surface area contributed by atoms with Crippen molar-refractivity contribution in [2.45, 2.75) is 51.1 Å². The zero-order valence-corrected chi connectivity index (χ0v) is 16.2. The topological polar surface area (TPSA) is 49.4 Å². The SMILES string of the molecule is C#CC(=O)N(c1ccccc1C)[C@@H](C(=O)NC1CCCCC1)c1ccccc1. The first-order valence-electron chi connectivity index (χ1n) is 9.82. The molecular formula is C24H26N2O2. The van der Waals surface area contributed by atoms with E-state index >= 15 is 0 Å². The minimum atomic E-state index is -0.812. The number of aryl methyl sites for hydroxylation is 1. The number of benzene rings is 2. The number of carbonyl (C=O) groups is 2. The number of nitrogens with one attached hydrogen (secondary N) is 1. The Balaban J connectivity index is 2.02. The number of hydrogen-bond donors (Lipinski definition) is 1. The van der Waals surface area contributed by atoms with Crippen molar-refractivity contribution < 1.29 is 9.59 Å². The van der Waals surface area contributed by atoms with Gasteiger partial charge < -0.3 is 5.32 Å². The lowest BCUT2D eigenvalue weighted by Crippen LogP contribution is -2.47. The highest BCUT2D eigenvalue weighted by atomic mass is 16.2. The molecule has 144 valence electrons. The number of para-hydroxylation sites is 1. The highest BCUT2D eigenvalue weighted by molar-refractivity contribution is 6.10. The predicted molar refractivity (Wildman–Crippen MR) is 112 cm³/mol. The van der Waals surface area contributed by atoms with Crippen LogP contribution >= 0.6 is 0 Å². The molecule has 1 aliphatic rings. The van der Waals surface area contributed by atoms with Crippen LogP contribution in [0.2, 0.25) is 0 Å². The van der Waals surface area contributed by atoms with Crippen molar-refractivity contribution in [2.75, 3.05) is 4.90 Å². The Morgan fingerprint density at radius 2 is 1.68 bits per heavy atom. The number of hydrogen-bond acceptors (Lipinski definition) is 2. The quantitative estimate of drug-likeness (QED) is 0.799. The molecular weight excluding hydrogens is 348 g/mol. The summed E-state index contributed by atoms with van der Waals surface area (Å²) in [7, 11) is 0. The van der Waals surface area contributed by atoms with Crippen molar-refractivity contribution in [3.63, 3.8) is 0 Å². The third kappa shape index (κ3) is 4.43. The maximum atomic E-state index is 13.4. The molecule has 3 rings (SSSR count). The molecule has 0 aromatic heterocycles. The van der Waals surface area contributed by atoms with Crippen molar-refractivity contribution in [1.29, 1.82) is 0 Å². The van der Waals surface area contributed by atoms with Gasteiger partial charge >= 0.3 is 5.91 Å². The van der Waals surface area contributed by atoms with E-state index in [0.29, 0.717) is 5.69 Å². The van der Waals surface area contributed by atoms with Crippen LogP contribution in [0.15, 0.2) is 54.6 Å². The fourth-order valence-electron chi connectivity index (χ4n) is 3.85. The van der Waals surface area contributed by atoms with Crippen molar-refractivity contribution in [3.8, 4) is 12.3 Å². The van der Waals surface area contributed by atoms with E-state index in [1.165, 1.54) is 11.3 Å². The molecule has 1 fully saturated rings. The summed E-state index contributed by atoms with van der Waals surface area (Å²) in [5.74, 6) is 1.49. The monoisotopic (exact) mass is 374 g/mol. The van der Waals surface area contributed by atoms with E-state index in [4.69, 9.17) is 6.42 Å². The average molecular weight is 374 g/mol. The second kappa shape index (κ2) is 9.23. The van der Waals surface area contributed by atoms with Crippen LogP contribution in [0.1, 0.15) is 49.3 Å². The maximum absolute atomic E-state index is 13.4. The van der Waals surface area contributed by atoms with Crippen LogP contribution < -0.4 is 10.2 Å². The fourth-order valence-corrected chi connectivity index (χ4v) is 3.85. The summed E-state index contributed by atoms with van der Waals surface area (Å²) in [6, 6.07) is 16.2. The first-order chi connectivity index (χ1) is 13.6. The molecule has 0 heterocycles. The van der Waals surface area contributed by atoms with E-state index in [1.54, 1.807) is 0 Å². The molecule has 28 heavy (non-hydrogen) atoms. The minimum Gasteiger partial charge on any atom is -0.351 e. The summed E-state index contributed by atoms with van der Waals surface area (Å²) in [6.45, 7) is 1.91. The molecule has 1 aliphatic carbocycles. The van der Waals surface area contributed by atoms with Crippen LogP contribution in [0, 0.1) is 19.3 Å². The molecule has 4 heteroatoms. The Bertz CT molecular complexity index is 864. The molecule has 1 N–H and O–H groups in total. The molecule has 2 amide bonds. The summed E-state index contributed by atoms with van der Waals surface area (Å²) >= 11 is 0.